The molecule has 0 bridgehead atoms. The SMILES string of the molecule is Cl.NC(CNC(=O)CNS(=O)(=O)c1ccc2ccccc2c1)C(=O)N1CCCCC1. The van der Waals surface area contributed by atoms with Crippen molar-refractivity contribution < 1.29 is 18.0 Å². The number of halogens is 1. The normalized spacial score (nSPS) is 15.3. The van der Waals surface area contributed by atoms with Gasteiger partial charge in [0, 0.05) is 19.6 Å². The van der Waals surface area contributed by atoms with Crippen molar-refractivity contribution in [2.75, 3.05) is 26.2 Å². The van der Waals surface area contributed by atoms with Gasteiger partial charge in [-0.2, -0.15) is 0 Å². The van der Waals surface area contributed by atoms with Crippen LogP contribution in [0.25, 0.3) is 10.8 Å². The van der Waals surface area contributed by atoms with Crippen LogP contribution in [0.5, 0.6) is 0 Å². The van der Waals surface area contributed by atoms with Crippen molar-refractivity contribution in [2.45, 2.75) is 30.2 Å². The molecule has 2 amide bonds. The molecule has 4 N–H and O–H groups in total. The first-order valence-corrected chi connectivity index (χ1v) is 11.1. The van der Waals surface area contributed by atoms with E-state index in [-0.39, 0.29) is 29.8 Å². The summed E-state index contributed by atoms with van der Waals surface area (Å²) in [5.74, 6) is -0.738. The summed E-state index contributed by atoms with van der Waals surface area (Å²) in [6.45, 7) is 0.906. The smallest absolute Gasteiger partial charge is 0.241 e. The first kappa shape index (κ1) is 24.1. The fourth-order valence-corrected chi connectivity index (χ4v) is 4.32. The second-order valence-electron chi connectivity index (χ2n) is 7.13. The minimum absolute atomic E-state index is 0. The fraction of sp³-hybridized carbons (Fsp3) is 0.400. The molecular weight excluding hydrogens is 428 g/mol. The van der Waals surface area contributed by atoms with Gasteiger partial charge in [0.05, 0.1) is 11.4 Å². The van der Waals surface area contributed by atoms with E-state index in [0.29, 0.717) is 13.1 Å². The first-order valence-electron chi connectivity index (χ1n) is 9.66. The number of sulfonamides is 1. The number of benzene rings is 2. The highest BCUT2D eigenvalue weighted by Gasteiger charge is 2.23. The van der Waals surface area contributed by atoms with E-state index in [1.807, 2.05) is 24.3 Å². The Hall–Kier alpha value is -2.20. The van der Waals surface area contributed by atoms with Crippen LogP contribution in [-0.2, 0) is 19.6 Å². The third-order valence-corrected chi connectivity index (χ3v) is 6.36. The first-order chi connectivity index (χ1) is 13.9. The lowest BCUT2D eigenvalue weighted by atomic mass is 10.1. The van der Waals surface area contributed by atoms with Crippen LogP contribution in [0.2, 0.25) is 0 Å². The largest absolute Gasteiger partial charge is 0.353 e. The lowest BCUT2D eigenvalue weighted by Gasteiger charge is -2.29. The summed E-state index contributed by atoms with van der Waals surface area (Å²) < 4.78 is 27.2. The molecule has 1 saturated heterocycles. The van der Waals surface area contributed by atoms with Crippen molar-refractivity contribution in [1.29, 1.82) is 0 Å². The van der Waals surface area contributed by atoms with Crippen LogP contribution in [0.4, 0.5) is 0 Å². The van der Waals surface area contributed by atoms with Crippen molar-refractivity contribution in [3.8, 4) is 0 Å². The minimum Gasteiger partial charge on any atom is -0.353 e. The predicted octanol–water partition coefficient (Wildman–Crippen LogP) is 0.996. The second-order valence-corrected chi connectivity index (χ2v) is 8.90. The van der Waals surface area contributed by atoms with Gasteiger partial charge in [-0.25, -0.2) is 13.1 Å². The maximum Gasteiger partial charge on any atom is 0.241 e. The van der Waals surface area contributed by atoms with Gasteiger partial charge < -0.3 is 16.0 Å². The Morgan fingerprint density at radius 2 is 1.70 bits per heavy atom. The summed E-state index contributed by atoms with van der Waals surface area (Å²) in [6.07, 6.45) is 3.02. The van der Waals surface area contributed by atoms with Crippen molar-refractivity contribution in [1.82, 2.24) is 14.9 Å². The van der Waals surface area contributed by atoms with E-state index in [4.69, 9.17) is 5.73 Å². The van der Waals surface area contributed by atoms with Gasteiger partial charge in [-0.1, -0.05) is 30.3 Å². The third-order valence-electron chi connectivity index (χ3n) is 4.96. The van der Waals surface area contributed by atoms with Gasteiger partial charge in [0.15, 0.2) is 0 Å². The average molecular weight is 455 g/mol. The number of likely N-dealkylation sites (tertiary alicyclic amines) is 1. The van der Waals surface area contributed by atoms with Crippen molar-refractivity contribution >= 4 is 45.0 Å². The molecule has 1 aliphatic heterocycles. The Balaban J connectivity index is 0.00000320. The molecule has 1 unspecified atom stereocenters. The topological polar surface area (TPSA) is 122 Å². The number of nitrogens with two attached hydrogens (primary N) is 1. The number of carbonyl (C=O) groups excluding carboxylic acids is 2. The molecule has 2 aromatic carbocycles. The zero-order valence-corrected chi connectivity index (χ0v) is 18.2. The lowest BCUT2D eigenvalue weighted by molar-refractivity contribution is -0.133. The van der Waals surface area contributed by atoms with E-state index >= 15 is 0 Å². The molecule has 1 fully saturated rings. The Morgan fingerprint density at radius 3 is 2.40 bits per heavy atom. The molecule has 0 radical (unpaired) electrons. The van der Waals surface area contributed by atoms with Crippen LogP contribution >= 0.6 is 12.4 Å². The third kappa shape index (κ3) is 6.15. The predicted molar refractivity (Wildman–Crippen MR) is 118 cm³/mol. The number of piperidine rings is 1. The van der Waals surface area contributed by atoms with E-state index in [1.54, 1.807) is 17.0 Å². The highest BCUT2D eigenvalue weighted by molar-refractivity contribution is 7.89. The van der Waals surface area contributed by atoms with Gasteiger partial charge in [-0.3, -0.25) is 9.59 Å². The van der Waals surface area contributed by atoms with Gasteiger partial charge in [0.2, 0.25) is 21.8 Å². The van der Waals surface area contributed by atoms with Gasteiger partial charge >= 0.3 is 0 Å². The summed E-state index contributed by atoms with van der Waals surface area (Å²) in [5.41, 5.74) is 5.88. The fourth-order valence-electron chi connectivity index (χ4n) is 3.30. The quantitative estimate of drug-likeness (QED) is 0.576. The molecule has 1 aliphatic rings. The van der Waals surface area contributed by atoms with Crippen molar-refractivity contribution in [2.24, 2.45) is 5.73 Å². The molecule has 2 aromatic rings. The number of nitrogens with one attached hydrogen (secondary N) is 2. The summed E-state index contributed by atoms with van der Waals surface area (Å²) in [6, 6.07) is 11.3. The number of hydrogen-bond acceptors (Lipinski definition) is 5. The Labute approximate surface area is 182 Å². The molecule has 0 aromatic heterocycles. The van der Waals surface area contributed by atoms with Gasteiger partial charge in [-0.15, -0.1) is 12.4 Å². The van der Waals surface area contributed by atoms with E-state index in [0.717, 1.165) is 30.0 Å². The molecule has 30 heavy (non-hydrogen) atoms. The number of carbonyl (C=O) groups is 2. The maximum atomic E-state index is 12.5. The zero-order chi connectivity index (χ0) is 20.9. The molecule has 0 spiro atoms. The van der Waals surface area contributed by atoms with Gasteiger partial charge in [-0.05, 0) is 42.2 Å². The molecular formula is C20H27ClN4O4S. The van der Waals surface area contributed by atoms with Gasteiger partial charge in [0.25, 0.3) is 0 Å². The maximum absolute atomic E-state index is 12.5. The molecule has 0 saturated carbocycles. The monoisotopic (exact) mass is 454 g/mol. The van der Waals surface area contributed by atoms with Gasteiger partial charge in [0.1, 0.15) is 6.04 Å². The molecule has 10 heteroatoms. The van der Waals surface area contributed by atoms with E-state index in [9.17, 15) is 18.0 Å². The Kier molecular flexibility index (Phi) is 8.60. The van der Waals surface area contributed by atoms with Crippen LogP contribution in [-0.4, -0.2) is 57.4 Å². The number of rotatable bonds is 7. The Morgan fingerprint density at radius 1 is 1.03 bits per heavy atom. The number of amides is 2. The average Bonchev–Trinajstić information content (AvgIpc) is 2.75. The number of nitrogens with zero attached hydrogens (tertiary/aromatic N) is 1. The lowest BCUT2D eigenvalue weighted by Crippen LogP contribution is -2.51. The van der Waals surface area contributed by atoms with Crippen molar-refractivity contribution in [3.63, 3.8) is 0 Å². The summed E-state index contributed by atoms with van der Waals surface area (Å²) >= 11 is 0. The molecule has 3 rings (SSSR count). The summed E-state index contributed by atoms with van der Waals surface area (Å²) in [5, 5.41) is 4.24. The van der Waals surface area contributed by atoms with E-state index in [2.05, 4.69) is 10.0 Å². The van der Waals surface area contributed by atoms with Crippen LogP contribution in [0.3, 0.4) is 0 Å². The number of hydrogen-bond donors (Lipinski definition) is 3. The molecule has 1 heterocycles. The van der Waals surface area contributed by atoms with Crippen LogP contribution in [0.15, 0.2) is 47.4 Å². The van der Waals surface area contributed by atoms with E-state index < -0.39 is 28.5 Å². The number of fused-ring (bicyclic) bond motifs is 1. The minimum atomic E-state index is -3.84. The van der Waals surface area contributed by atoms with Crippen LogP contribution in [0, 0.1) is 0 Å². The highest BCUT2D eigenvalue weighted by Crippen LogP contribution is 2.18. The Bertz CT molecular complexity index is 993. The second kappa shape index (κ2) is 10.7. The summed E-state index contributed by atoms with van der Waals surface area (Å²) in [7, 11) is -3.84. The van der Waals surface area contributed by atoms with Crippen molar-refractivity contribution in [3.05, 3.63) is 42.5 Å². The zero-order valence-electron chi connectivity index (χ0n) is 16.5. The standard InChI is InChI=1S/C20H26N4O4S.ClH/c21-18(20(26)24-10-4-1-5-11-24)13-22-19(25)14-23-29(27,28)17-9-8-15-6-2-3-7-16(15)12-17;/h2-3,6-9,12,18,23H,1,4-5,10-11,13-14,21H2,(H,22,25);1H. The van der Waals surface area contributed by atoms with Crippen LogP contribution < -0.4 is 15.8 Å². The highest BCUT2D eigenvalue weighted by atomic mass is 35.5. The van der Waals surface area contributed by atoms with Crippen LogP contribution in [0.1, 0.15) is 19.3 Å². The van der Waals surface area contributed by atoms with E-state index in [1.165, 1.54) is 6.07 Å². The molecule has 164 valence electrons. The summed E-state index contributed by atoms with van der Waals surface area (Å²) in [4.78, 5) is 26.1. The molecule has 8 nitrogen and oxygen atoms in total. The molecule has 0 aliphatic carbocycles. The molecule has 1 atom stereocenters.